The molecule has 0 spiro atoms. The number of anilines is 1. The van der Waals surface area contributed by atoms with E-state index in [1.807, 2.05) is 35.9 Å². The van der Waals surface area contributed by atoms with E-state index in [2.05, 4.69) is 41.6 Å². The van der Waals surface area contributed by atoms with E-state index in [4.69, 9.17) is 11.6 Å². The summed E-state index contributed by atoms with van der Waals surface area (Å²) in [6, 6.07) is 11.1. The van der Waals surface area contributed by atoms with E-state index >= 15 is 0 Å². The summed E-state index contributed by atoms with van der Waals surface area (Å²) in [5.41, 5.74) is 5.64. The molecule has 2 aromatic carbocycles. The second-order valence-electron chi connectivity index (χ2n) is 5.58. The minimum Gasteiger partial charge on any atom is -0.506 e. The van der Waals surface area contributed by atoms with Crippen molar-refractivity contribution in [2.75, 3.05) is 5.43 Å². The van der Waals surface area contributed by atoms with Gasteiger partial charge in [-0.2, -0.15) is 10.1 Å². The SMILES string of the molecule is Cn1c2ccccc2c2nnc(N/N=C\c3cc(Cl)cc(Br)c3O)nc21. The highest BCUT2D eigenvalue weighted by Gasteiger charge is 2.12. The van der Waals surface area contributed by atoms with Crippen LogP contribution >= 0.6 is 27.5 Å². The minimum atomic E-state index is 0.0446. The maximum Gasteiger partial charge on any atom is 0.265 e. The van der Waals surface area contributed by atoms with Crippen molar-refractivity contribution in [2.24, 2.45) is 12.1 Å². The van der Waals surface area contributed by atoms with Crippen molar-refractivity contribution in [3.8, 4) is 5.75 Å². The standard InChI is InChI=1S/C17H12BrClN6O/c1-25-13-5-3-2-4-11(13)14-16(25)21-17(24-22-14)23-20-8-9-6-10(19)7-12(18)15(9)26/h2-8,26H,1H3,(H,21,23,24)/b20-8-. The van der Waals surface area contributed by atoms with Gasteiger partial charge in [0.05, 0.1) is 16.2 Å². The number of nitrogens with zero attached hydrogens (tertiary/aromatic N) is 5. The molecule has 2 aromatic heterocycles. The Morgan fingerprint density at radius 1 is 1.27 bits per heavy atom. The summed E-state index contributed by atoms with van der Waals surface area (Å²) in [5.74, 6) is 0.295. The van der Waals surface area contributed by atoms with E-state index in [1.54, 1.807) is 12.1 Å². The van der Waals surface area contributed by atoms with Crippen molar-refractivity contribution in [3.63, 3.8) is 0 Å². The molecule has 9 heteroatoms. The van der Waals surface area contributed by atoms with Gasteiger partial charge in [0.2, 0.25) is 0 Å². The fraction of sp³-hybridized carbons (Fsp3) is 0.0588. The zero-order valence-corrected chi connectivity index (χ0v) is 15.8. The Morgan fingerprint density at radius 3 is 2.92 bits per heavy atom. The summed E-state index contributed by atoms with van der Waals surface area (Å²) in [6.45, 7) is 0. The third-order valence-corrected chi connectivity index (χ3v) is 4.76. The number of aromatic nitrogens is 4. The van der Waals surface area contributed by atoms with Crippen molar-refractivity contribution in [3.05, 3.63) is 51.5 Å². The van der Waals surface area contributed by atoms with Crippen molar-refractivity contribution in [1.29, 1.82) is 0 Å². The molecule has 0 amide bonds. The number of hydrogen-bond acceptors (Lipinski definition) is 6. The smallest absolute Gasteiger partial charge is 0.265 e. The molecule has 0 aliphatic heterocycles. The van der Waals surface area contributed by atoms with E-state index in [0.29, 0.717) is 20.7 Å². The molecular weight excluding hydrogens is 420 g/mol. The van der Waals surface area contributed by atoms with Crippen LogP contribution < -0.4 is 5.43 Å². The Hall–Kier alpha value is -2.71. The molecule has 0 saturated heterocycles. The zero-order valence-electron chi connectivity index (χ0n) is 13.5. The lowest BCUT2D eigenvalue weighted by atomic mass is 10.2. The summed E-state index contributed by atoms with van der Waals surface area (Å²) in [7, 11) is 1.92. The maximum atomic E-state index is 10.0. The average Bonchev–Trinajstić information content (AvgIpc) is 2.92. The van der Waals surface area contributed by atoms with Gasteiger partial charge in [0, 0.05) is 23.0 Å². The second kappa shape index (κ2) is 6.54. The Bertz CT molecular complexity index is 1170. The van der Waals surface area contributed by atoms with Gasteiger partial charge < -0.3 is 9.67 Å². The van der Waals surface area contributed by atoms with Crippen LogP contribution in [0.4, 0.5) is 5.95 Å². The maximum absolute atomic E-state index is 10.0. The largest absolute Gasteiger partial charge is 0.506 e. The number of rotatable bonds is 3. The van der Waals surface area contributed by atoms with Crippen LogP contribution in [0.1, 0.15) is 5.56 Å². The van der Waals surface area contributed by atoms with Gasteiger partial charge in [0.25, 0.3) is 5.95 Å². The van der Waals surface area contributed by atoms with Crippen LogP contribution in [-0.2, 0) is 7.05 Å². The zero-order chi connectivity index (χ0) is 18.3. The van der Waals surface area contributed by atoms with Gasteiger partial charge >= 0.3 is 0 Å². The normalized spacial score (nSPS) is 11.7. The quantitative estimate of drug-likeness (QED) is 0.377. The van der Waals surface area contributed by atoms with Crippen LogP contribution in [-0.4, -0.2) is 31.1 Å². The predicted octanol–water partition coefficient (Wildman–Crippen LogP) is 4.08. The lowest BCUT2D eigenvalue weighted by Crippen LogP contribution is -2.01. The first-order valence-corrected chi connectivity index (χ1v) is 8.76. The number of benzene rings is 2. The summed E-state index contributed by atoms with van der Waals surface area (Å²) in [4.78, 5) is 4.47. The molecule has 0 bridgehead atoms. The molecule has 2 heterocycles. The molecule has 2 N–H and O–H groups in total. The molecule has 130 valence electrons. The molecule has 0 fully saturated rings. The van der Waals surface area contributed by atoms with Crippen LogP contribution in [0.2, 0.25) is 5.02 Å². The van der Waals surface area contributed by atoms with E-state index in [-0.39, 0.29) is 11.7 Å². The first kappa shape index (κ1) is 16.7. The molecule has 4 rings (SSSR count). The lowest BCUT2D eigenvalue weighted by molar-refractivity contribution is 0.471. The lowest BCUT2D eigenvalue weighted by Gasteiger charge is -2.03. The van der Waals surface area contributed by atoms with E-state index in [9.17, 15) is 5.11 Å². The Balaban J connectivity index is 1.66. The Kier molecular flexibility index (Phi) is 4.21. The van der Waals surface area contributed by atoms with Gasteiger partial charge in [-0.15, -0.1) is 10.2 Å². The number of hydrazone groups is 1. The highest BCUT2D eigenvalue weighted by atomic mass is 79.9. The van der Waals surface area contributed by atoms with Crippen LogP contribution in [0.3, 0.4) is 0 Å². The van der Waals surface area contributed by atoms with E-state index < -0.39 is 0 Å². The van der Waals surface area contributed by atoms with Gasteiger partial charge in [0.15, 0.2) is 5.65 Å². The third-order valence-electron chi connectivity index (χ3n) is 3.93. The summed E-state index contributed by atoms with van der Waals surface area (Å²) in [6.07, 6.45) is 1.43. The summed E-state index contributed by atoms with van der Waals surface area (Å²) < 4.78 is 2.44. The molecule has 0 radical (unpaired) electrons. The second-order valence-corrected chi connectivity index (χ2v) is 6.87. The van der Waals surface area contributed by atoms with Gasteiger partial charge in [-0.1, -0.05) is 29.8 Å². The molecule has 0 aliphatic carbocycles. The highest BCUT2D eigenvalue weighted by molar-refractivity contribution is 9.10. The number of phenols is 1. The van der Waals surface area contributed by atoms with Crippen LogP contribution in [0.5, 0.6) is 5.75 Å². The van der Waals surface area contributed by atoms with Crippen LogP contribution in [0.25, 0.3) is 22.1 Å². The fourth-order valence-corrected chi connectivity index (χ4v) is 3.53. The summed E-state index contributed by atoms with van der Waals surface area (Å²) in [5, 5.41) is 23.9. The molecule has 0 atom stereocenters. The van der Waals surface area contributed by atoms with Gasteiger partial charge in [-0.25, -0.2) is 5.43 Å². The number of aromatic hydroxyl groups is 1. The number of aryl methyl sites for hydroxylation is 1. The van der Waals surface area contributed by atoms with Gasteiger partial charge in [0.1, 0.15) is 11.3 Å². The molecule has 0 unspecified atom stereocenters. The molecule has 0 aliphatic rings. The molecule has 4 aromatic rings. The number of nitrogens with one attached hydrogen (secondary N) is 1. The first-order valence-electron chi connectivity index (χ1n) is 7.59. The average molecular weight is 432 g/mol. The van der Waals surface area contributed by atoms with Crippen molar-refractivity contribution in [2.45, 2.75) is 0 Å². The van der Waals surface area contributed by atoms with Crippen molar-refractivity contribution in [1.82, 2.24) is 19.7 Å². The van der Waals surface area contributed by atoms with Gasteiger partial charge in [-0.3, -0.25) is 0 Å². The molecular formula is C17H12BrClN6O. The molecule has 0 saturated carbocycles. The van der Waals surface area contributed by atoms with Crippen molar-refractivity contribution < 1.29 is 5.11 Å². The summed E-state index contributed by atoms with van der Waals surface area (Å²) >= 11 is 9.21. The van der Waals surface area contributed by atoms with Crippen molar-refractivity contribution >= 4 is 61.8 Å². The minimum absolute atomic E-state index is 0.0446. The monoisotopic (exact) mass is 430 g/mol. The number of phenolic OH excluding ortho intramolecular Hbond substituents is 1. The van der Waals surface area contributed by atoms with Gasteiger partial charge in [-0.05, 0) is 34.1 Å². The Labute approximate surface area is 161 Å². The molecule has 7 nitrogen and oxygen atoms in total. The fourth-order valence-electron chi connectivity index (χ4n) is 2.70. The predicted molar refractivity (Wildman–Crippen MR) is 106 cm³/mol. The van der Waals surface area contributed by atoms with Crippen LogP contribution in [0.15, 0.2) is 46.0 Å². The van der Waals surface area contributed by atoms with E-state index in [0.717, 1.165) is 16.4 Å². The topological polar surface area (TPSA) is 88.2 Å². The highest BCUT2D eigenvalue weighted by Crippen LogP contribution is 2.30. The Morgan fingerprint density at radius 2 is 2.08 bits per heavy atom. The third kappa shape index (κ3) is 2.87. The number of para-hydroxylation sites is 1. The number of fused-ring (bicyclic) bond motifs is 3. The first-order chi connectivity index (χ1) is 12.5. The van der Waals surface area contributed by atoms with Crippen LogP contribution in [0, 0.1) is 0 Å². The molecule has 26 heavy (non-hydrogen) atoms. The van der Waals surface area contributed by atoms with E-state index in [1.165, 1.54) is 6.21 Å². The number of hydrogen-bond donors (Lipinski definition) is 2. The number of halogens is 2.